The summed E-state index contributed by atoms with van der Waals surface area (Å²) in [4.78, 5) is 13.0. The van der Waals surface area contributed by atoms with E-state index in [2.05, 4.69) is 11.8 Å². The van der Waals surface area contributed by atoms with Gasteiger partial charge in [-0.05, 0) is 37.5 Å². The van der Waals surface area contributed by atoms with Gasteiger partial charge < -0.3 is 9.64 Å². The van der Waals surface area contributed by atoms with Gasteiger partial charge in [0.2, 0.25) is 0 Å². The summed E-state index contributed by atoms with van der Waals surface area (Å²) in [6.07, 6.45) is 4.39. The molecule has 0 saturated carbocycles. The molecule has 2 rings (SSSR count). The Morgan fingerprint density at radius 3 is 3.05 bits per heavy atom. The molecule has 1 aromatic rings. The number of anilines is 1. The largest absolute Gasteiger partial charge is 0.376 e. The summed E-state index contributed by atoms with van der Waals surface area (Å²) in [6.45, 7) is 4.86. The number of halogens is 1. The average Bonchev–Trinajstić information content (AvgIpc) is 2.45. The fourth-order valence-corrected chi connectivity index (χ4v) is 2.62. The lowest BCUT2D eigenvalue weighted by Crippen LogP contribution is -2.39. The molecule has 0 bridgehead atoms. The second kappa shape index (κ2) is 6.92. The summed E-state index contributed by atoms with van der Waals surface area (Å²) in [7, 11) is 0. The zero-order valence-electron chi connectivity index (χ0n) is 11.3. The van der Waals surface area contributed by atoms with Crippen LogP contribution in [0.3, 0.4) is 0 Å². The maximum atomic E-state index is 10.8. The highest BCUT2D eigenvalue weighted by molar-refractivity contribution is 6.33. The standard InChI is InChI=1S/C15H20ClNO2/c1-2-8-19-14-4-3-7-17(10-14)13-6-5-12(11-18)15(16)9-13/h5-6,9,11,14H,2-4,7-8,10H2,1H3. The van der Waals surface area contributed by atoms with Gasteiger partial charge in [0.1, 0.15) is 0 Å². The molecule has 0 amide bonds. The van der Waals surface area contributed by atoms with Crippen molar-refractivity contribution in [2.45, 2.75) is 32.3 Å². The van der Waals surface area contributed by atoms with Crippen LogP contribution in [0.5, 0.6) is 0 Å². The second-order valence-corrected chi connectivity index (χ2v) is 5.31. The van der Waals surface area contributed by atoms with Crippen LogP contribution in [0.1, 0.15) is 36.5 Å². The molecule has 1 unspecified atom stereocenters. The van der Waals surface area contributed by atoms with E-state index in [1.165, 1.54) is 0 Å². The van der Waals surface area contributed by atoms with E-state index in [0.29, 0.717) is 16.7 Å². The van der Waals surface area contributed by atoms with Crippen LogP contribution < -0.4 is 4.90 Å². The molecule has 0 aromatic heterocycles. The van der Waals surface area contributed by atoms with Crippen molar-refractivity contribution in [3.63, 3.8) is 0 Å². The predicted molar refractivity (Wildman–Crippen MR) is 78.3 cm³/mol. The molecule has 1 atom stereocenters. The molecule has 0 aliphatic carbocycles. The maximum absolute atomic E-state index is 10.8. The fourth-order valence-electron chi connectivity index (χ4n) is 2.40. The molecule has 0 N–H and O–H groups in total. The molecule has 0 spiro atoms. The minimum absolute atomic E-state index is 0.304. The summed E-state index contributed by atoms with van der Waals surface area (Å²) >= 11 is 6.08. The van der Waals surface area contributed by atoms with Gasteiger partial charge in [-0.25, -0.2) is 0 Å². The number of piperidine rings is 1. The summed E-state index contributed by atoms with van der Waals surface area (Å²) in [5.74, 6) is 0. The number of aldehydes is 1. The minimum atomic E-state index is 0.304. The topological polar surface area (TPSA) is 29.5 Å². The molecule has 0 radical (unpaired) electrons. The molecule has 1 aliphatic rings. The van der Waals surface area contributed by atoms with Gasteiger partial charge in [0.25, 0.3) is 0 Å². The predicted octanol–water partition coefficient (Wildman–Crippen LogP) is 3.55. The molecular weight excluding hydrogens is 262 g/mol. The third-order valence-electron chi connectivity index (χ3n) is 3.41. The Labute approximate surface area is 119 Å². The Bertz CT molecular complexity index is 436. The molecule has 1 aliphatic heterocycles. The molecule has 4 heteroatoms. The number of hydrogen-bond donors (Lipinski definition) is 0. The monoisotopic (exact) mass is 281 g/mol. The van der Waals surface area contributed by atoms with Crippen LogP contribution in [0.25, 0.3) is 0 Å². The van der Waals surface area contributed by atoms with Crippen LogP contribution in [0, 0.1) is 0 Å². The van der Waals surface area contributed by atoms with Crippen LogP contribution >= 0.6 is 11.6 Å². The van der Waals surface area contributed by atoms with Crippen molar-refractivity contribution in [3.8, 4) is 0 Å². The van der Waals surface area contributed by atoms with E-state index >= 15 is 0 Å². The second-order valence-electron chi connectivity index (χ2n) is 4.90. The van der Waals surface area contributed by atoms with E-state index < -0.39 is 0 Å². The Kier molecular flexibility index (Phi) is 5.23. The molecule has 19 heavy (non-hydrogen) atoms. The first kappa shape index (κ1) is 14.4. The molecule has 1 fully saturated rings. The van der Waals surface area contributed by atoms with E-state index in [-0.39, 0.29) is 0 Å². The highest BCUT2D eigenvalue weighted by Gasteiger charge is 2.20. The van der Waals surface area contributed by atoms with Gasteiger partial charge in [-0.3, -0.25) is 4.79 Å². The molecule has 1 aromatic carbocycles. The minimum Gasteiger partial charge on any atom is -0.376 e. The number of nitrogens with zero attached hydrogens (tertiary/aromatic N) is 1. The van der Waals surface area contributed by atoms with E-state index in [4.69, 9.17) is 16.3 Å². The number of benzene rings is 1. The van der Waals surface area contributed by atoms with Crippen molar-refractivity contribution >= 4 is 23.6 Å². The molecule has 1 saturated heterocycles. The van der Waals surface area contributed by atoms with Crippen molar-refractivity contribution in [1.29, 1.82) is 0 Å². The zero-order chi connectivity index (χ0) is 13.7. The smallest absolute Gasteiger partial charge is 0.151 e. The molecule has 1 heterocycles. The quantitative estimate of drug-likeness (QED) is 0.773. The number of ether oxygens (including phenoxy) is 1. The van der Waals surface area contributed by atoms with Crippen LogP contribution in [-0.2, 0) is 4.74 Å². The highest BCUT2D eigenvalue weighted by atomic mass is 35.5. The first-order chi connectivity index (χ1) is 9.24. The average molecular weight is 282 g/mol. The van der Waals surface area contributed by atoms with E-state index in [9.17, 15) is 4.79 Å². The lowest BCUT2D eigenvalue weighted by atomic mass is 10.1. The van der Waals surface area contributed by atoms with E-state index in [0.717, 1.165) is 50.9 Å². The number of rotatable bonds is 5. The lowest BCUT2D eigenvalue weighted by molar-refractivity contribution is 0.0440. The van der Waals surface area contributed by atoms with Crippen LogP contribution in [0.4, 0.5) is 5.69 Å². The Hall–Kier alpha value is -1.06. The van der Waals surface area contributed by atoms with Gasteiger partial charge in [-0.2, -0.15) is 0 Å². The summed E-state index contributed by atoms with van der Waals surface area (Å²) in [6, 6.07) is 5.60. The third kappa shape index (κ3) is 3.71. The zero-order valence-corrected chi connectivity index (χ0v) is 12.0. The first-order valence-corrected chi connectivity index (χ1v) is 7.23. The summed E-state index contributed by atoms with van der Waals surface area (Å²) < 4.78 is 5.83. The molecular formula is C15H20ClNO2. The number of carbonyl (C=O) groups excluding carboxylic acids is 1. The van der Waals surface area contributed by atoms with Crippen molar-refractivity contribution in [1.82, 2.24) is 0 Å². The third-order valence-corrected chi connectivity index (χ3v) is 3.74. The van der Waals surface area contributed by atoms with E-state index in [1.807, 2.05) is 12.1 Å². The van der Waals surface area contributed by atoms with Gasteiger partial charge in [0.15, 0.2) is 6.29 Å². The number of hydrogen-bond acceptors (Lipinski definition) is 3. The van der Waals surface area contributed by atoms with E-state index in [1.54, 1.807) is 6.07 Å². The van der Waals surface area contributed by atoms with Gasteiger partial charge in [-0.1, -0.05) is 18.5 Å². The highest BCUT2D eigenvalue weighted by Crippen LogP contribution is 2.26. The first-order valence-electron chi connectivity index (χ1n) is 6.86. The lowest BCUT2D eigenvalue weighted by Gasteiger charge is -2.34. The Morgan fingerprint density at radius 1 is 1.53 bits per heavy atom. The van der Waals surface area contributed by atoms with Crippen LogP contribution in [-0.4, -0.2) is 32.1 Å². The number of carbonyl (C=O) groups is 1. The Balaban J connectivity index is 2.04. The van der Waals surface area contributed by atoms with Crippen molar-refractivity contribution < 1.29 is 9.53 Å². The van der Waals surface area contributed by atoms with Crippen LogP contribution in [0.15, 0.2) is 18.2 Å². The maximum Gasteiger partial charge on any atom is 0.151 e. The van der Waals surface area contributed by atoms with Gasteiger partial charge in [-0.15, -0.1) is 0 Å². The summed E-state index contributed by atoms with van der Waals surface area (Å²) in [5, 5.41) is 0.518. The van der Waals surface area contributed by atoms with Crippen molar-refractivity contribution in [2.75, 3.05) is 24.6 Å². The van der Waals surface area contributed by atoms with Crippen molar-refractivity contribution in [3.05, 3.63) is 28.8 Å². The summed E-state index contributed by atoms with van der Waals surface area (Å²) in [5.41, 5.74) is 1.61. The van der Waals surface area contributed by atoms with Gasteiger partial charge >= 0.3 is 0 Å². The molecule has 3 nitrogen and oxygen atoms in total. The molecule has 104 valence electrons. The SMILES string of the molecule is CCCOC1CCCN(c2ccc(C=O)c(Cl)c2)C1. The Morgan fingerprint density at radius 2 is 2.37 bits per heavy atom. The fraction of sp³-hybridized carbons (Fsp3) is 0.533. The normalized spacial score (nSPS) is 19.5. The van der Waals surface area contributed by atoms with Crippen LogP contribution in [0.2, 0.25) is 5.02 Å². The van der Waals surface area contributed by atoms with Gasteiger partial charge in [0, 0.05) is 30.9 Å². The van der Waals surface area contributed by atoms with Crippen molar-refractivity contribution in [2.24, 2.45) is 0 Å². The van der Waals surface area contributed by atoms with Gasteiger partial charge in [0.05, 0.1) is 11.1 Å².